The number of benzene rings is 1. The van der Waals surface area contributed by atoms with Gasteiger partial charge >= 0.3 is 6.29 Å². The van der Waals surface area contributed by atoms with Gasteiger partial charge in [-0.25, -0.2) is 5.26 Å². The van der Waals surface area contributed by atoms with Crippen LogP contribution in [0.4, 0.5) is 8.78 Å². The Morgan fingerprint density at radius 3 is 2.44 bits per heavy atom. The molecule has 16 heavy (non-hydrogen) atoms. The monoisotopic (exact) mass is 225 g/mol. The molecule has 3 rings (SSSR count). The Morgan fingerprint density at radius 2 is 1.81 bits per heavy atom. The van der Waals surface area contributed by atoms with Crippen molar-refractivity contribution in [1.29, 1.82) is 5.26 Å². The number of fused-ring (bicyclic) bond motifs is 1. The zero-order chi connectivity index (χ0) is 11.8. The quantitative estimate of drug-likeness (QED) is 0.737. The number of nitrogens with zero attached hydrogens (tertiary/aromatic N) is 1. The molecule has 1 fully saturated rings. The van der Waals surface area contributed by atoms with E-state index in [1.54, 1.807) is 12.1 Å². The lowest BCUT2D eigenvalue weighted by Gasteiger charge is -2.04. The summed E-state index contributed by atoms with van der Waals surface area (Å²) in [4.78, 5) is 0. The second-order valence-electron chi connectivity index (χ2n) is 3.65. The van der Waals surface area contributed by atoms with Crippen LogP contribution >= 0.6 is 0 Å². The highest BCUT2D eigenvalue weighted by atomic mass is 19.3. The van der Waals surface area contributed by atoms with Gasteiger partial charge in [-0.05, 0) is 36.5 Å². The molecular formula is C11H9F2NO2. The summed E-state index contributed by atoms with van der Waals surface area (Å²) in [5.41, 5.74) is 1.06. The average Bonchev–Trinajstić information content (AvgIpc) is 3.03. The van der Waals surface area contributed by atoms with Crippen molar-refractivity contribution in [1.82, 2.24) is 0 Å². The van der Waals surface area contributed by atoms with Crippen LogP contribution in [0.2, 0.25) is 0 Å². The first-order valence-corrected chi connectivity index (χ1v) is 4.80. The fraction of sp³-hybridized carbons (Fsp3) is 0.364. The first kappa shape index (κ1) is 10.7. The zero-order valence-electron chi connectivity index (χ0n) is 8.32. The molecule has 1 aliphatic heterocycles. The van der Waals surface area contributed by atoms with E-state index in [1.807, 2.05) is 6.07 Å². The van der Waals surface area contributed by atoms with Crippen LogP contribution in [0, 0.1) is 11.8 Å². The molecule has 1 aromatic rings. The van der Waals surface area contributed by atoms with Crippen LogP contribution in [0.1, 0.15) is 24.3 Å². The summed E-state index contributed by atoms with van der Waals surface area (Å²) in [5.74, 6) is 0.803. The predicted molar refractivity (Wildman–Crippen MR) is 51.3 cm³/mol. The Morgan fingerprint density at radius 1 is 1.19 bits per heavy atom. The lowest BCUT2D eigenvalue weighted by Crippen LogP contribution is -2.25. The Bertz CT molecular complexity index is 427. The van der Waals surface area contributed by atoms with Crippen molar-refractivity contribution in [2.75, 3.05) is 0 Å². The topological polar surface area (TPSA) is 42.2 Å². The maximum atomic E-state index is 12.6. The maximum absolute atomic E-state index is 12.6. The van der Waals surface area contributed by atoms with Gasteiger partial charge in [0.25, 0.3) is 0 Å². The fourth-order valence-electron chi connectivity index (χ4n) is 1.64. The van der Waals surface area contributed by atoms with E-state index in [-0.39, 0.29) is 11.5 Å². The summed E-state index contributed by atoms with van der Waals surface area (Å²) in [6.07, 6.45) is -1.23. The van der Waals surface area contributed by atoms with Crippen molar-refractivity contribution in [3.05, 3.63) is 23.8 Å². The summed E-state index contributed by atoms with van der Waals surface area (Å²) in [7, 11) is 0. The lowest BCUT2D eigenvalue weighted by molar-refractivity contribution is -0.286. The van der Waals surface area contributed by atoms with Gasteiger partial charge in [-0.15, -0.1) is 8.78 Å². The van der Waals surface area contributed by atoms with Gasteiger partial charge in [0, 0.05) is 6.57 Å². The molecule has 1 heterocycles. The molecule has 5 heteroatoms. The molecule has 0 bridgehead atoms. The van der Waals surface area contributed by atoms with Crippen molar-refractivity contribution in [3.63, 3.8) is 0 Å². The molecule has 1 aliphatic carbocycles. The summed E-state index contributed by atoms with van der Waals surface area (Å²) in [6.45, 7) is 3.50. The Kier molecular flexibility index (Phi) is 2.43. The highest BCUT2D eigenvalue weighted by Gasteiger charge is 2.43. The van der Waals surface area contributed by atoms with E-state index in [4.69, 9.17) is 5.26 Å². The minimum Gasteiger partial charge on any atom is -0.395 e. The van der Waals surface area contributed by atoms with Gasteiger partial charge in [0.2, 0.25) is 0 Å². The average molecular weight is 225 g/mol. The Labute approximate surface area is 91.2 Å². The third-order valence-corrected chi connectivity index (χ3v) is 2.47. The number of halogens is 2. The molecular weight excluding hydrogens is 216 g/mol. The first-order chi connectivity index (χ1) is 7.64. The molecule has 0 saturated heterocycles. The van der Waals surface area contributed by atoms with E-state index >= 15 is 0 Å². The molecule has 0 spiro atoms. The van der Waals surface area contributed by atoms with Gasteiger partial charge in [0.15, 0.2) is 11.5 Å². The highest BCUT2D eigenvalue weighted by molar-refractivity contribution is 5.46. The van der Waals surface area contributed by atoms with Crippen LogP contribution in [0.3, 0.4) is 0 Å². The fourth-order valence-corrected chi connectivity index (χ4v) is 1.64. The Hall–Kier alpha value is -1.83. The summed E-state index contributed by atoms with van der Waals surface area (Å²) < 4.78 is 33.9. The van der Waals surface area contributed by atoms with Crippen molar-refractivity contribution in [2.45, 2.75) is 25.1 Å². The van der Waals surface area contributed by atoms with Crippen molar-refractivity contribution < 1.29 is 18.3 Å². The van der Waals surface area contributed by atoms with Crippen LogP contribution in [0.5, 0.6) is 11.5 Å². The minimum absolute atomic E-state index is 0.124. The van der Waals surface area contributed by atoms with E-state index < -0.39 is 6.29 Å². The van der Waals surface area contributed by atoms with Gasteiger partial charge in [0.1, 0.15) is 0 Å². The van der Waals surface area contributed by atoms with E-state index in [1.165, 1.54) is 0 Å². The van der Waals surface area contributed by atoms with Gasteiger partial charge in [-0.1, -0.05) is 6.07 Å². The normalized spacial score (nSPS) is 19.8. The SMILES string of the molecule is C#N.FC1(F)Oc2ccc(C3CC3)cc2O1. The molecule has 0 unspecified atom stereocenters. The zero-order valence-corrected chi connectivity index (χ0v) is 8.32. The number of alkyl halides is 2. The third-order valence-electron chi connectivity index (χ3n) is 2.47. The van der Waals surface area contributed by atoms with Crippen LogP contribution in [-0.4, -0.2) is 6.29 Å². The number of nitriles is 1. The van der Waals surface area contributed by atoms with Crippen LogP contribution in [0.15, 0.2) is 18.2 Å². The smallest absolute Gasteiger partial charge is 0.395 e. The van der Waals surface area contributed by atoms with Gasteiger partial charge in [-0.2, -0.15) is 0 Å². The largest absolute Gasteiger partial charge is 0.586 e. The van der Waals surface area contributed by atoms with E-state index in [2.05, 4.69) is 16.0 Å². The van der Waals surface area contributed by atoms with E-state index in [0.29, 0.717) is 5.92 Å². The number of hydrogen-bond donors (Lipinski definition) is 0. The molecule has 0 amide bonds. The number of hydrogen-bond acceptors (Lipinski definition) is 3. The maximum Gasteiger partial charge on any atom is 0.586 e. The number of rotatable bonds is 1. The highest BCUT2D eigenvalue weighted by Crippen LogP contribution is 2.46. The molecule has 0 N–H and O–H groups in total. The standard InChI is InChI=1S/C10H8F2O2.CHN/c11-10(12)13-8-4-3-7(6-1-2-6)5-9(8)14-10;1-2/h3-6H,1-2H2;1H. The van der Waals surface area contributed by atoms with Crippen molar-refractivity contribution in [3.8, 4) is 18.1 Å². The molecule has 1 aromatic carbocycles. The first-order valence-electron chi connectivity index (χ1n) is 4.80. The molecule has 0 radical (unpaired) electrons. The van der Waals surface area contributed by atoms with Crippen LogP contribution in [0.25, 0.3) is 0 Å². The number of ether oxygens (including phenoxy) is 2. The van der Waals surface area contributed by atoms with E-state index in [9.17, 15) is 8.78 Å². The van der Waals surface area contributed by atoms with Crippen molar-refractivity contribution >= 4 is 0 Å². The second kappa shape index (κ2) is 3.63. The molecule has 0 aromatic heterocycles. The van der Waals surface area contributed by atoms with Crippen LogP contribution in [-0.2, 0) is 0 Å². The lowest BCUT2D eigenvalue weighted by atomic mass is 10.1. The van der Waals surface area contributed by atoms with Gasteiger partial charge < -0.3 is 9.47 Å². The summed E-state index contributed by atoms with van der Waals surface area (Å²) in [5, 5.41) is 6.50. The second-order valence-corrected chi connectivity index (χ2v) is 3.65. The molecule has 84 valence electrons. The Balaban J connectivity index is 0.000000457. The van der Waals surface area contributed by atoms with Crippen molar-refractivity contribution in [2.24, 2.45) is 0 Å². The molecule has 2 aliphatic rings. The van der Waals surface area contributed by atoms with Gasteiger partial charge in [0.05, 0.1) is 0 Å². The van der Waals surface area contributed by atoms with Crippen LogP contribution < -0.4 is 9.47 Å². The summed E-state index contributed by atoms with van der Waals surface area (Å²) in [6, 6.07) is 5.01. The van der Waals surface area contributed by atoms with E-state index in [0.717, 1.165) is 18.4 Å². The molecule has 3 nitrogen and oxygen atoms in total. The molecule has 0 atom stereocenters. The third kappa shape index (κ3) is 1.91. The molecule has 1 saturated carbocycles. The van der Waals surface area contributed by atoms with Gasteiger partial charge in [-0.3, -0.25) is 0 Å². The summed E-state index contributed by atoms with van der Waals surface area (Å²) >= 11 is 0. The minimum atomic E-state index is -3.50. The predicted octanol–water partition coefficient (Wildman–Crippen LogP) is 3.03.